The molecule has 0 saturated heterocycles. The van der Waals surface area contributed by atoms with Gasteiger partial charge in [0.25, 0.3) is 0 Å². The summed E-state index contributed by atoms with van der Waals surface area (Å²) in [7, 11) is 0. The van der Waals surface area contributed by atoms with Crippen LogP contribution in [0.4, 0.5) is 0 Å². The Labute approximate surface area is 89.0 Å². The van der Waals surface area contributed by atoms with Gasteiger partial charge in [-0.25, -0.2) is 0 Å². The van der Waals surface area contributed by atoms with Crippen LogP contribution >= 0.6 is 0 Å². The van der Waals surface area contributed by atoms with Crippen molar-refractivity contribution in [3.05, 3.63) is 11.9 Å². The van der Waals surface area contributed by atoms with Crippen molar-refractivity contribution in [3.8, 4) is 11.8 Å². The Morgan fingerprint density at radius 1 is 1.07 bits per heavy atom. The van der Waals surface area contributed by atoms with Crippen molar-refractivity contribution in [2.24, 2.45) is 5.92 Å². The molecule has 0 spiro atoms. The van der Waals surface area contributed by atoms with Crippen molar-refractivity contribution < 1.29 is 10.2 Å². The van der Waals surface area contributed by atoms with Gasteiger partial charge in [-0.1, -0.05) is 32.1 Å². The number of aromatic nitrogens is 2. The van der Waals surface area contributed by atoms with Crippen LogP contribution in [-0.2, 0) is 6.42 Å². The summed E-state index contributed by atoms with van der Waals surface area (Å²) in [5.74, 6) is 0.876. The zero-order chi connectivity index (χ0) is 10.7. The smallest absolute Gasteiger partial charge is 0.217 e. The van der Waals surface area contributed by atoms with Gasteiger partial charge in [-0.2, -0.15) is 9.97 Å². The van der Waals surface area contributed by atoms with Gasteiger partial charge in [0.2, 0.25) is 11.8 Å². The number of hydrogen-bond donors (Lipinski definition) is 2. The van der Waals surface area contributed by atoms with E-state index in [2.05, 4.69) is 9.97 Å². The fourth-order valence-corrected chi connectivity index (χ4v) is 2.21. The highest BCUT2D eigenvalue weighted by molar-refractivity contribution is 5.18. The standard InChI is InChI=1S/C11H16N2O2/c14-10-7-11(15)13-9(12-10)6-8-4-2-1-3-5-8/h7-8H,1-6H2,(H2,12,13,14,15). The molecule has 15 heavy (non-hydrogen) atoms. The molecule has 0 bridgehead atoms. The van der Waals surface area contributed by atoms with E-state index in [4.69, 9.17) is 0 Å². The molecule has 1 fully saturated rings. The zero-order valence-corrected chi connectivity index (χ0v) is 8.69. The molecule has 1 aromatic rings. The third kappa shape index (κ3) is 2.81. The third-order valence-corrected chi connectivity index (χ3v) is 2.94. The largest absolute Gasteiger partial charge is 0.493 e. The number of hydrogen-bond acceptors (Lipinski definition) is 4. The highest BCUT2D eigenvalue weighted by Crippen LogP contribution is 2.26. The van der Waals surface area contributed by atoms with E-state index in [0.29, 0.717) is 11.7 Å². The predicted octanol–water partition coefficient (Wildman–Crippen LogP) is 2.01. The van der Waals surface area contributed by atoms with Crippen LogP contribution in [0.15, 0.2) is 6.07 Å². The van der Waals surface area contributed by atoms with Crippen molar-refractivity contribution >= 4 is 0 Å². The monoisotopic (exact) mass is 208 g/mol. The molecular weight excluding hydrogens is 192 g/mol. The lowest BCUT2D eigenvalue weighted by Gasteiger charge is -2.20. The summed E-state index contributed by atoms with van der Waals surface area (Å²) >= 11 is 0. The molecule has 1 heterocycles. The Hall–Kier alpha value is -1.32. The summed E-state index contributed by atoms with van der Waals surface area (Å²) in [4.78, 5) is 7.83. The molecule has 2 rings (SSSR count). The highest BCUT2D eigenvalue weighted by atomic mass is 16.3. The molecule has 0 aromatic carbocycles. The Kier molecular flexibility index (Phi) is 3.04. The van der Waals surface area contributed by atoms with E-state index >= 15 is 0 Å². The first kappa shape index (κ1) is 10.2. The molecule has 0 atom stereocenters. The number of nitrogens with zero attached hydrogens (tertiary/aromatic N) is 2. The van der Waals surface area contributed by atoms with Gasteiger partial charge in [-0.3, -0.25) is 0 Å². The first-order valence-electron chi connectivity index (χ1n) is 5.50. The molecule has 1 saturated carbocycles. The van der Waals surface area contributed by atoms with Gasteiger partial charge in [-0.05, 0) is 5.92 Å². The Bertz CT molecular complexity index is 315. The van der Waals surface area contributed by atoms with E-state index < -0.39 is 0 Å². The average molecular weight is 208 g/mol. The minimum atomic E-state index is -0.145. The summed E-state index contributed by atoms with van der Waals surface area (Å²) in [6, 6.07) is 1.16. The lowest BCUT2D eigenvalue weighted by atomic mass is 9.87. The van der Waals surface area contributed by atoms with Crippen molar-refractivity contribution in [1.82, 2.24) is 9.97 Å². The third-order valence-electron chi connectivity index (χ3n) is 2.94. The van der Waals surface area contributed by atoms with Gasteiger partial charge in [-0.15, -0.1) is 0 Å². The zero-order valence-electron chi connectivity index (χ0n) is 8.69. The molecule has 0 unspecified atom stereocenters. The maximum absolute atomic E-state index is 9.21. The van der Waals surface area contributed by atoms with E-state index in [0.717, 1.165) is 12.5 Å². The number of aromatic hydroxyl groups is 2. The molecule has 0 radical (unpaired) electrons. The first-order valence-corrected chi connectivity index (χ1v) is 5.50. The summed E-state index contributed by atoms with van der Waals surface area (Å²) in [5.41, 5.74) is 0. The average Bonchev–Trinajstić information content (AvgIpc) is 2.17. The Morgan fingerprint density at radius 3 is 2.27 bits per heavy atom. The van der Waals surface area contributed by atoms with Crippen LogP contribution in [0.1, 0.15) is 37.9 Å². The van der Waals surface area contributed by atoms with Gasteiger partial charge in [0.1, 0.15) is 5.82 Å². The van der Waals surface area contributed by atoms with E-state index in [-0.39, 0.29) is 11.8 Å². The van der Waals surface area contributed by atoms with Crippen LogP contribution in [-0.4, -0.2) is 20.2 Å². The molecule has 82 valence electrons. The van der Waals surface area contributed by atoms with E-state index in [1.54, 1.807) is 0 Å². The summed E-state index contributed by atoms with van der Waals surface area (Å²) in [5, 5.41) is 18.4. The van der Waals surface area contributed by atoms with Crippen LogP contribution in [0.3, 0.4) is 0 Å². The first-order chi connectivity index (χ1) is 7.24. The normalized spacial score (nSPS) is 17.9. The molecule has 4 nitrogen and oxygen atoms in total. The molecule has 1 aliphatic carbocycles. The van der Waals surface area contributed by atoms with Gasteiger partial charge in [0, 0.05) is 6.42 Å². The minimum Gasteiger partial charge on any atom is -0.493 e. The minimum absolute atomic E-state index is 0.145. The van der Waals surface area contributed by atoms with Crippen LogP contribution in [0.2, 0.25) is 0 Å². The van der Waals surface area contributed by atoms with Crippen molar-refractivity contribution in [2.75, 3.05) is 0 Å². The quantitative estimate of drug-likeness (QED) is 0.780. The van der Waals surface area contributed by atoms with Crippen molar-refractivity contribution in [2.45, 2.75) is 38.5 Å². The second-order valence-corrected chi connectivity index (χ2v) is 4.21. The van der Waals surface area contributed by atoms with Gasteiger partial charge in [0.15, 0.2) is 0 Å². The highest BCUT2D eigenvalue weighted by Gasteiger charge is 2.16. The van der Waals surface area contributed by atoms with E-state index in [1.807, 2.05) is 0 Å². The Balaban J connectivity index is 2.02. The topological polar surface area (TPSA) is 66.2 Å². The fourth-order valence-electron chi connectivity index (χ4n) is 2.21. The maximum Gasteiger partial charge on any atom is 0.217 e. The molecule has 0 amide bonds. The number of rotatable bonds is 2. The molecule has 4 heteroatoms. The van der Waals surface area contributed by atoms with Gasteiger partial charge in [0.05, 0.1) is 6.07 Å². The van der Waals surface area contributed by atoms with Gasteiger partial charge < -0.3 is 10.2 Å². The predicted molar refractivity (Wildman–Crippen MR) is 55.6 cm³/mol. The van der Waals surface area contributed by atoms with Crippen LogP contribution in [0.25, 0.3) is 0 Å². The second-order valence-electron chi connectivity index (χ2n) is 4.21. The van der Waals surface area contributed by atoms with Crippen molar-refractivity contribution in [3.63, 3.8) is 0 Å². The van der Waals surface area contributed by atoms with Crippen molar-refractivity contribution in [1.29, 1.82) is 0 Å². The van der Waals surface area contributed by atoms with Crippen LogP contribution in [0, 0.1) is 5.92 Å². The molecular formula is C11H16N2O2. The Morgan fingerprint density at radius 2 is 1.67 bits per heavy atom. The van der Waals surface area contributed by atoms with Crippen LogP contribution in [0.5, 0.6) is 11.8 Å². The van der Waals surface area contributed by atoms with Crippen LogP contribution < -0.4 is 0 Å². The molecule has 0 aliphatic heterocycles. The lowest BCUT2D eigenvalue weighted by molar-refractivity contribution is 0.345. The SMILES string of the molecule is Oc1cc(O)nc(CC2CCCCC2)n1. The molecule has 2 N–H and O–H groups in total. The van der Waals surface area contributed by atoms with E-state index in [9.17, 15) is 10.2 Å². The molecule has 1 aliphatic rings. The molecule has 1 aromatic heterocycles. The second kappa shape index (κ2) is 4.47. The summed E-state index contributed by atoms with van der Waals surface area (Å²) in [6.07, 6.45) is 7.05. The van der Waals surface area contributed by atoms with Gasteiger partial charge >= 0.3 is 0 Å². The van der Waals surface area contributed by atoms with E-state index in [1.165, 1.54) is 32.1 Å². The fraction of sp³-hybridized carbons (Fsp3) is 0.636. The maximum atomic E-state index is 9.21. The summed E-state index contributed by atoms with van der Waals surface area (Å²) in [6.45, 7) is 0. The summed E-state index contributed by atoms with van der Waals surface area (Å²) < 4.78 is 0. The lowest BCUT2D eigenvalue weighted by Crippen LogP contribution is -2.11.